The van der Waals surface area contributed by atoms with Crippen LogP contribution in [-0.4, -0.2) is 68.0 Å². The van der Waals surface area contributed by atoms with E-state index < -0.39 is 0 Å². The van der Waals surface area contributed by atoms with E-state index in [-0.39, 0.29) is 46.8 Å². The summed E-state index contributed by atoms with van der Waals surface area (Å²) in [5.41, 5.74) is 0.999. The van der Waals surface area contributed by atoms with Gasteiger partial charge >= 0.3 is 0 Å². The minimum atomic E-state index is -0.0792. The number of benzene rings is 1. The summed E-state index contributed by atoms with van der Waals surface area (Å²) in [6.07, 6.45) is 9.74. The van der Waals surface area contributed by atoms with Crippen molar-refractivity contribution < 1.29 is 14.6 Å². The number of aromatic amines is 1. The molecule has 30 heavy (non-hydrogen) atoms. The first-order valence-electron chi connectivity index (χ1n) is 10.9. The number of nitrogens with one attached hydrogen (secondary N) is 1. The van der Waals surface area contributed by atoms with Crippen LogP contribution in [0.3, 0.4) is 0 Å². The van der Waals surface area contributed by atoms with Crippen molar-refractivity contribution in [1.82, 2.24) is 20.6 Å². The molecule has 1 aromatic heterocycles. The Bertz CT molecular complexity index is 762. The van der Waals surface area contributed by atoms with Gasteiger partial charge in [0.15, 0.2) is 17.3 Å². The molecule has 0 unspecified atom stereocenters. The first-order valence-corrected chi connectivity index (χ1v) is 10.9. The molecule has 7 nitrogen and oxygen atoms in total. The summed E-state index contributed by atoms with van der Waals surface area (Å²) < 4.78 is 12.0. The Balaban J connectivity index is 0.00000320. The zero-order chi connectivity index (χ0) is 20.7. The molecule has 1 heterocycles. The number of ether oxygens (including phenoxy) is 2. The van der Waals surface area contributed by atoms with Crippen LogP contribution in [0.2, 0.25) is 0 Å². The van der Waals surface area contributed by atoms with Crippen molar-refractivity contribution in [3.8, 4) is 17.2 Å². The number of aryl methyl sites for hydroxylation is 1. The van der Waals surface area contributed by atoms with E-state index in [4.69, 9.17) is 9.47 Å². The van der Waals surface area contributed by atoms with Gasteiger partial charge in [-0.3, -0.25) is 0 Å². The summed E-state index contributed by atoms with van der Waals surface area (Å²) >= 11 is 0. The predicted octanol–water partition coefficient (Wildman–Crippen LogP) is 4.33. The summed E-state index contributed by atoms with van der Waals surface area (Å²) in [5, 5.41) is 24.8. The maximum Gasteiger partial charge on any atom is 0.180 e. The molecule has 0 atom stereocenters. The summed E-state index contributed by atoms with van der Waals surface area (Å²) in [6, 6.07) is 3.65. The number of aromatic nitrogens is 4. The van der Waals surface area contributed by atoms with Crippen LogP contribution in [0.4, 0.5) is 0 Å². The van der Waals surface area contributed by atoms with Crippen LogP contribution in [0.15, 0.2) is 12.1 Å². The number of hydrogen-bond acceptors (Lipinski definition) is 6. The monoisotopic (exact) mass is 425 g/mol. The molecule has 1 aliphatic carbocycles. The van der Waals surface area contributed by atoms with E-state index in [1.807, 2.05) is 6.07 Å². The third-order valence-corrected chi connectivity index (χ3v) is 5.77. The van der Waals surface area contributed by atoms with Gasteiger partial charge in [-0.05, 0) is 56.6 Å². The molecule has 0 amide bonds. The Morgan fingerprint density at radius 3 is 2.57 bits per heavy atom. The molecule has 0 aliphatic heterocycles. The van der Waals surface area contributed by atoms with Crippen molar-refractivity contribution in [2.24, 2.45) is 0 Å². The molecule has 1 fully saturated rings. The van der Waals surface area contributed by atoms with Crippen LogP contribution in [0, 0.1) is 0 Å². The molecule has 1 saturated carbocycles. The van der Waals surface area contributed by atoms with Crippen molar-refractivity contribution >= 4 is 29.6 Å². The number of tetrazole rings is 1. The number of H-pyrrole nitrogens is 1. The predicted molar refractivity (Wildman–Crippen MR) is 117 cm³/mol. The summed E-state index contributed by atoms with van der Waals surface area (Å²) in [4.78, 5) is 0. The quantitative estimate of drug-likeness (QED) is 0.411. The molecular formula is C22H34N4NaO3. The smallest absolute Gasteiger partial charge is 0.180 e. The zero-order valence-electron chi connectivity index (χ0n) is 18.9. The molecular weight excluding hydrogens is 391 g/mol. The number of rotatable bonds is 11. The number of phenolic OH excluding ortho intramolecular Hbond substituents is 1. The minimum absolute atomic E-state index is 0. The molecule has 1 aliphatic rings. The van der Waals surface area contributed by atoms with E-state index >= 15 is 0 Å². The maximum atomic E-state index is 10.4. The molecule has 3 rings (SSSR count). The second-order valence-corrected chi connectivity index (χ2v) is 8.58. The van der Waals surface area contributed by atoms with E-state index in [0.29, 0.717) is 12.4 Å². The van der Waals surface area contributed by atoms with Crippen LogP contribution in [0.1, 0.15) is 83.5 Å². The fraction of sp³-hybridized carbons (Fsp3) is 0.682. The number of unbranched alkanes of at least 4 members (excludes halogenated alkanes) is 2. The molecule has 2 N–H and O–H groups in total. The molecule has 1 radical (unpaired) electrons. The van der Waals surface area contributed by atoms with Crippen LogP contribution in [-0.2, 0) is 11.8 Å². The Kier molecular flexibility index (Phi) is 9.91. The average molecular weight is 426 g/mol. The molecule has 0 saturated heterocycles. The van der Waals surface area contributed by atoms with Gasteiger partial charge in [0.1, 0.15) is 5.75 Å². The van der Waals surface area contributed by atoms with Gasteiger partial charge in [-0.25, -0.2) is 0 Å². The third kappa shape index (κ3) is 6.86. The van der Waals surface area contributed by atoms with E-state index in [0.717, 1.165) is 62.1 Å². The van der Waals surface area contributed by atoms with Gasteiger partial charge < -0.3 is 14.6 Å². The number of phenols is 1. The third-order valence-electron chi connectivity index (χ3n) is 5.77. The second-order valence-electron chi connectivity index (χ2n) is 8.58. The second kappa shape index (κ2) is 11.9. The Morgan fingerprint density at radius 2 is 1.90 bits per heavy atom. The van der Waals surface area contributed by atoms with Gasteiger partial charge in [0.25, 0.3) is 0 Å². The molecule has 0 bridgehead atoms. The Labute approximate surface area is 201 Å². The van der Waals surface area contributed by atoms with Crippen LogP contribution < -0.4 is 9.47 Å². The number of hydrogen-bond donors (Lipinski definition) is 2. The fourth-order valence-electron chi connectivity index (χ4n) is 3.87. The molecule has 161 valence electrons. The zero-order valence-corrected chi connectivity index (χ0v) is 20.9. The van der Waals surface area contributed by atoms with Crippen LogP contribution >= 0.6 is 0 Å². The number of nitrogens with zero attached hydrogens (tertiary/aromatic N) is 3. The van der Waals surface area contributed by atoms with Gasteiger partial charge in [0, 0.05) is 41.0 Å². The Morgan fingerprint density at radius 1 is 1.13 bits per heavy atom. The Hall–Kier alpha value is -1.31. The maximum absolute atomic E-state index is 10.4. The first-order chi connectivity index (χ1) is 14.0. The minimum Gasteiger partial charge on any atom is -0.504 e. The fourth-order valence-corrected chi connectivity index (χ4v) is 3.87. The molecule has 2 aromatic rings. The van der Waals surface area contributed by atoms with Gasteiger partial charge in [0.2, 0.25) is 0 Å². The summed E-state index contributed by atoms with van der Waals surface area (Å²) in [5.74, 6) is 2.28. The average Bonchev–Trinajstić information content (AvgIpc) is 3.40. The first kappa shape index (κ1) is 25.0. The van der Waals surface area contributed by atoms with E-state index in [1.54, 1.807) is 6.07 Å². The topological polar surface area (TPSA) is 93.1 Å². The van der Waals surface area contributed by atoms with Crippen molar-refractivity contribution in [3.05, 3.63) is 23.5 Å². The van der Waals surface area contributed by atoms with E-state index in [2.05, 4.69) is 41.4 Å². The SMILES string of the molecule is CCc1cc(OC2CCCC2)c(O)cc1OCCCCCC(C)(C)c1nn[nH]n1.[Na]. The van der Waals surface area contributed by atoms with Gasteiger partial charge in [-0.15, -0.1) is 10.2 Å². The normalized spacial score (nSPS) is 14.5. The summed E-state index contributed by atoms with van der Waals surface area (Å²) in [7, 11) is 0. The van der Waals surface area contributed by atoms with Crippen LogP contribution in [0.5, 0.6) is 17.2 Å². The molecule has 0 spiro atoms. The van der Waals surface area contributed by atoms with Crippen molar-refractivity contribution in [1.29, 1.82) is 0 Å². The molecule has 1 aromatic carbocycles. The van der Waals surface area contributed by atoms with Gasteiger partial charge in [-0.2, -0.15) is 5.21 Å². The largest absolute Gasteiger partial charge is 0.504 e. The van der Waals surface area contributed by atoms with Gasteiger partial charge in [0.05, 0.1) is 12.7 Å². The number of aromatic hydroxyl groups is 1. The van der Waals surface area contributed by atoms with Crippen molar-refractivity contribution in [3.63, 3.8) is 0 Å². The molecule has 8 heteroatoms. The van der Waals surface area contributed by atoms with Gasteiger partial charge in [-0.1, -0.05) is 38.8 Å². The van der Waals surface area contributed by atoms with Crippen molar-refractivity contribution in [2.45, 2.75) is 90.1 Å². The summed E-state index contributed by atoms with van der Waals surface area (Å²) in [6.45, 7) is 7.01. The standard InChI is InChI=1S/C22H34N4O3.Na/c1-4-16-14-20(29-17-10-6-7-11-17)18(27)15-19(16)28-13-9-5-8-12-22(2,3)21-23-25-26-24-21;/h14-15,17,27H,4-13H2,1-3H3,(H,23,24,25,26);. The van der Waals surface area contributed by atoms with E-state index in [9.17, 15) is 5.11 Å². The van der Waals surface area contributed by atoms with E-state index in [1.165, 1.54) is 12.8 Å². The van der Waals surface area contributed by atoms with Crippen LogP contribution in [0.25, 0.3) is 0 Å². The van der Waals surface area contributed by atoms with Crippen molar-refractivity contribution in [2.75, 3.05) is 6.61 Å².